The van der Waals surface area contributed by atoms with E-state index in [1.54, 1.807) is 11.3 Å². The van der Waals surface area contributed by atoms with Gasteiger partial charge in [0.15, 0.2) is 5.13 Å². The average Bonchev–Trinajstić information content (AvgIpc) is 3.01. The predicted molar refractivity (Wildman–Crippen MR) is 95.8 cm³/mol. The summed E-state index contributed by atoms with van der Waals surface area (Å²) in [6.07, 6.45) is 3.83. The first-order valence-corrected chi connectivity index (χ1v) is 9.52. The third-order valence-electron chi connectivity index (χ3n) is 4.65. The van der Waals surface area contributed by atoms with E-state index in [1.807, 2.05) is 6.92 Å². The molecule has 0 radical (unpaired) electrons. The van der Waals surface area contributed by atoms with Crippen LogP contribution in [0.5, 0.6) is 0 Å². The molecule has 3 heterocycles. The summed E-state index contributed by atoms with van der Waals surface area (Å²) in [6, 6.07) is 2.12. The van der Waals surface area contributed by atoms with Crippen LogP contribution in [0.1, 0.15) is 42.3 Å². The normalized spacial score (nSPS) is 18.5. The van der Waals surface area contributed by atoms with Crippen LogP contribution in [0.25, 0.3) is 0 Å². The van der Waals surface area contributed by atoms with Crippen molar-refractivity contribution in [2.24, 2.45) is 0 Å². The summed E-state index contributed by atoms with van der Waals surface area (Å²) >= 11 is 1.69. The number of aromatic nitrogens is 3. The van der Waals surface area contributed by atoms with Crippen molar-refractivity contribution in [2.75, 3.05) is 36.5 Å². The zero-order valence-corrected chi connectivity index (χ0v) is 14.8. The minimum absolute atomic E-state index is 0.624. The molecule has 1 saturated carbocycles. The van der Waals surface area contributed by atoms with Gasteiger partial charge in [0.1, 0.15) is 0 Å². The van der Waals surface area contributed by atoms with E-state index >= 15 is 0 Å². The second kappa shape index (κ2) is 7.03. The molecule has 0 amide bonds. The standard InChI is InChI=1S/C17H23N5OS/c1-12-9-15(13-3-2-4-13)21-16(19-12)18-10-14-11-24-17(20-14)22-5-7-23-8-6-22/h9,11,13H,2-8,10H2,1H3,(H,18,19,21). The first kappa shape index (κ1) is 15.8. The highest BCUT2D eigenvalue weighted by Crippen LogP contribution is 2.35. The molecule has 0 atom stereocenters. The van der Waals surface area contributed by atoms with Gasteiger partial charge in [0, 0.05) is 35.8 Å². The zero-order valence-electron chi connectivity index (χ0n) is 14.0. The van der Waals surface area contributed by atoms with Gasteiger partial charge in [0.25, 0.3) is 0 Å². The minimum atomic E-state index is 0.624. The molecule has 1 N–H and O–H groups in total. The lowest BCUT2D eigenvalue weighted by atomic mass is 9.83. The molecule has 128 valence electrons. The van der Waals surface area contributed by atoms with Crippen LogP contribution in [0.4, 0.5) is 11.1 Å². The molecule has 2 aliphatic rings. The van der Waals surface area contributed by atoms with Crippen molar-refractivity contribution in [1.29, 1.82) is 0 Å². The lowest BCUT2D eigenvalue weighted by Gasteiger charge is -2.26. The number of aryl methyl sites for hydroxylation is 1. The van der Waals surface area contributed by atoms with E-state index in [-0.39, 0.29) is 0 Å². The smallest absolute Gasteiger partial charge is 0.223 e. The number of rotatable bonds is 5. The van der Waals surface area contributed by atoms with Gasteiger partial charge in [-0.3, -0.25) is 0 Å². The molecule has 0 unspecified atom stereocenters. The van der Waals surface area contributed by atoms with E-state index in [9.17, 15) is 0 Å². The number of anilines is 2. The molecule has 2 fully saturated rings. The molecule has 2 aromatic rings. The van der Waals surface area contributed by atoms with Crippen molar-refractivity contribution in [2.45, 2.75) is 38.6 Å². The van der Waals surface area contributed by atoms with Gasteiger partial charge in [-0.2, -0.15) is 0 Å². The second-order valence-electron chi connectivity index (χ2n) is 6.46. The summed E-state index contributed by atoms with van der Waals surface area (Å²) in [4.78, 5) is 16.2. The number of nitrogens with one attached hydrogen (secondary N) is 1. The minimum Gasteiger partial charge on any atom is -0.378 e. The molecule has 4 rings (SSSR count). The Morgan fingerprint density at radius 3 is 2.83 bits per heavy atom. The van der Waals surface area contributed by atoms with E-state index in [0.717, 1.165) is 48.8 Å². The van der Waals surface area contributed by atoms with Crippen LogP contribution in [0.15, 0.2) is 11.4 Å². The van der Waals surface area contributed by atoms with Crippen molar-refractivity contribution in [3.05, 3.63) is 28.5 Å². The van der Waals surface area contributed by atoms with Gasteiger partial charge in [0.05, 0.1) is 25.5 Å². The molecule has 7 heteroatoms. The topological polar surface area (TPSA) is 63.2 Å². The molecule has 24 heavy (non-hydrogen) atoms. The molecular formula is C17H23N5OS. The lowest BCUT2D eigenvalue weighted by molar-refractivity contribution is 0.122. The SMILES string of the molecule is Cc1cc(C2CCC2)nc(NCc2csc(N3CCOCC3)n2)n1. The third-order valence-corrected chi connectivity index (χ3v) is 5.60. The van der Waals surface area contributed by atoms with Gasteiger partial charge in [0.2, 0.25) is 5.95 Å². The molecule has 1 aliphatic carbocycles. The highest BCUT2D eigenvalue weighted by molar-refractivity contribution is 7.13. The number of thiazole rings is 1. The highest BCUT2D eigenvalue weighted by Gasteiger charge is 2.22. The average molecular weight is 345 g/mol. The number of hydrogen-bond acceptors (Lipinski definition) is 7. The lowest BCUT2D eigenvalue weighted by Crippen LogP contribution is -2.36. The molecule has 1 saturated heterocycles. The van der Waals surface area contributed by atoms with Crippen molar-refractivity contribution in [1.82, 2.24) is 15.0 Å². The predicted octanol–water partition coefficient (Wildman–Crippen LogP) is 2.96. The summed E-state index contributed by atoms with van der Waals surface area (Å²) in [5.41, 5.74) is 3.25. The van der Waals surface area contributed by atoms with E-state index in [1.165, 1.54) is 25.0 Å². The molecule has 1 aliphatic heterocycles. The van der Waals surface area contributed by atoms with Gasteiger partial charge in [-0.1, -0.05) is 6.42 Å². The van der Waals surface area contributed by atoms with Crippen LogP contribution in [0, 0.1) is 6.92 Å². The number of ether oxygens (including phenoxy) is 1. The summed E-state index contributed by atoms with van der Waals surface area (Å²) in [7, 11) is 0. The second-order valence-corrected chi connectivity index (χ2v) is 7.30. The van der Waals surface area contributed by atoms with Crippen LogP contribution in [0.2, 0.25) is 0 Å². The van der Waals surface area contributed by atoms with Gasteiger partial charge < -0.3 is 15.0 Å². The number of morpholine rings is 1. The monoisotopic (exact) mass is 345 g/mol. The molecule has 0 aromatic carbocycles. The zero-order chi connectivity index (χ0) is 16.4. The quantitative estimate of drug-likeness (QED) is 0.899. The Hall–Kier alpha value is -1.73. The fraction of sp³-hybridized carbons (Fsp3) is 0.588. The molecular weight excluding hydrogens is 322 g/mol. The van der Waals surface area contributed by atoms with E-state index < -0.39 is 0 Å². The van der Waals surface area contributed by atoms with Crippen LogP contribution in [0.3, 0.4) is 0 Å². The fourth-order valence-electron chi connectivity index (χ4n) is 3.03. The third kappa shape index (κ3) is 3.52. The van der Waals surface area contributed by atoms with Gasteiger partial charge in [-0.15, -0.1) is 11.3 Å². The Morgan fingerprint density at radius 2 is 2.08 bits per heavy atom. The Labute approximate surface area is 146 Å². The first-order valence-electron chi connectivity index (χ1n) is 8.64. The molecule has 2 aromatic heterocycles. The van der Waals surface area contributed by atoms with Gasteiger partial charge in [-0.05, 0) is 25.8 Å². The fourth-order valence-corrected chi connectivity index (χ4v) is 3.91. The maximum atomic E-state index is 5.40. The summed E-state index contributed by atoms with van der Waals surface area (Å²) in [5.74, 6) is 1.34. The summed E-state index contributed by atoms with van der Waals surface area (Å²) in [6.45, 7) is 6.11. The van der Waals surface area contributed by atoms with Crippen molar-refractivity contribution in [3.8, 4) is 0 Å². The van der Waals surface area contributed by atoms with Crippen LogP contribution in [-0.2, 0) is 11.3 Å². The van der Waals surface area contributed by atoms with E-state index in [4.69, 9.17) is 14.7 Å². The van der Waals surface area contributed by atoms with E-state index in [2.05, 4.69) is 26.6 Å². The first-order chi connectivity index (χ1) is 11.8. The Bertz CT molecular complexity index is 694. The molecule has 6 nitrogen and oxygen atoms in total. The molecule has 0 bridgehead atoms. The Balaban J connectivity index is 1.39. The van der Waals surface area contributed by atoms with Gasteiger partial charge in [-0.25, -0.2) is 15.0 Å². The van der Waals surface area contributed by atoms with Gasteiger partial charge >= 0.3 is 0 Å². The van der Waals surface area contributed by atoms with Crippen LogP contribution in [-0.4, -0.2) is 41.3 Å². The van der Waals surface area contributed by atoms with Crippen LogP contribution < -0.4 is 10.2 Å². The number of nitrogens with zero attached hydrogens (tertiary/aromatic N) is 4. The van der Waals surface area contributed by atoms with Crippen molar-refractivity contribution < 1.29 is 4.74 Å². The van der Waals surface area contributed by atoms with Crippen molar-refractivity contribution >= 4 is 22.4 Å². The maximum absolute atomic E-state index is 5.40. The Kier molecular flexibility index (Phi) is 4.62. The maximum Gasteiger partial charge on any atom is 0.223 e. The van der Waals surface area contributed by atoms with Crippen molar-refractivity contribution in [3.63, 3.8) is 0 Å². The van der Waals surface area contributed by atoms with Crippen LogP contribution >= 0.6 is 11.3 Å². The largest absolute Gasteiger partial charge is 0.378 e. The summed E-state index contributed by atoms with van der Waals surface area (Å²) in [5, 5.41) is 6.53. The number of hydrogen-bond donors (Lipinski definition) is 1. The highest BCUT2D eigenvalue weighted by atomic mass is 32.1. The van der Waals surface area contributed by atoms with E-state index in [0.29, 0.717) is 12.5 Å². The Morgan fingerprint density at radius 1 is 1.25 bits per heavy atom. The molecule has 0 spiro atoms. The summed E-state index contributed by atoms with van der Waals surface area (Å²) < 4.78 is 5.40.